The zero-order valence-corrected chi connectivity index (χ0v) is 13.5. The van der Waals surface area contributed by atoms with Crippen LogP contribution in [0.15, 0.2) is 47.3 Å². The molecular formula is C19H24N2O2. The molecule has 1 fully saturated rings. The van der Waals surface area contributed by atoms with Gasteiger partial charge in [0.2, 0.25) is 5.91 Å². The third-order valence-corrected chi connectivity index (χ3v) is 4.62. The van der Waals surface area contributed by atoms with E-state index >= 15 is 0 Å². The Balaban J connectivity index is 1.62. The van der Waals surface area contributed by atoms with Crippen LogP contribution in [0, 0.1) is 5.92 Å². The van der Waals surface area contributed by atoms with Crippen LogP contribution >= 0.6 is 0 Å². The van der Waals surface area contributed by atoms with Gasteiger partial charge >= 0.3 is 0 Å². The van der Waals surface area contributed by atoms with Gasteiger partial charge in [0.1, 0.15) is 5.76 Å². The van der Waals surface area contributed by atoms with Gasteiger partial charge in [-0.1, -0.05) is 31.7 Å². The van der Waals surface area contributed by atoms with Crippen molar-refractivity contribution in [2.45, 2.75) is 51.6 Å². The van der Waals surface area contributed by atoms with E-state index in [4.69, 9.17) is 4.42 Å². The van der Waals surface area contributed by atoms with Crippen LogP contribution in [0.2, 0.25) is 0 Å². The molecule has 0 N–H and O–H groups in total. The van der Waals surface area contributed by atoms with Crippen LogP contribution in [0.5, 0.6) is 0 Å². The zero-order chi connectivity index (χ0) is 15.9. The molecule has 0 radical (unpaired) electrons. The van der Waals surface area contributed by atoms with Crippen LogP contribution in [0.25, 0.3) is 0 Å². The maximum absolute atomic E-state index is 12.7. The molecule has 4 heteroatoms. The standard InChI is InChI=1S/C19H24N2O2/c22-19(10-9-16-5-1-2-6-16)21(15-18-8-4-12-23-18)14-17-7-3-11-20-13-17/h3-4,7-8,11-13,16H,1-2,5-6,9-10,14-15H2. The molecule has 2 aromatic heterocycles. The van der Waals surface area contributed by atoms with Crippen molar-refractivity contribution in [2.75, 3.05) is 0 Å². The van der Waals surface area contributed by atoms with Crippen molar-refractivity contribution in [3.8, 4) is 0 Å². The van der Waals surface area contributed by atoms with Crippen LogP contribution in [-0.4, -0.2) is 15.8 Å². The van der Waals surface area contributed by atoms with Gasteiger partial charge < -0.3 is 9.32 Å². The summed E-state index contributed by atoms with van der Waals surface area (Å²) in [4.78, 5) is 18.7. The van der Waals surface area contributed by atoms with E-state index in [0.29, 0.717) is 19.5 Å². The van der Waals surface area contributed by atoms with Gasteiger partial charge in [0, 0.05) is 25.4 Å². The maximum Gasteiger partial charge on any atom is 0.223 e. The van der Waals surface area contributed by atoms with Gasteiger partial charge in [-0.25, -0.2) is 0 Å². The van der Waals surface area contributed by atoms with Crippen LogP contribution in [0.1, 0.15) is 49.8 Å². The average molecular weight is 312 g/mol. The van der Waals surface area contributed by atoms with Crippen LogP contribution in [-0.2, 0) is 17.9 Å². The van der Waals surface area contributed by atoms with Gasteiger partial charge in [-0.05, 0) is 36.1 Å². The quantitative estimate of drug-likeness (QED) is 0.770. The number of carbonyl (C=O) groups is 1. The molecule has 0 aliphatic heterocycles. The van der Waals surface area contributed by atoms with E-state index in [0.717, 1.165) is 23.7 Å². The van der Waals surface area contributed by atoms with Gasteiger partial charge in [-0.3, -0.25) is 9.78 Å². The largest absolute Gasteiger partial charge is 0.467 e. The lowest BCUT2D eigenvalue weighted by Gasteiger charge is -2.22. The summed E-state index contributed by atoms with van der Waals surface area (Å²) in [6, 6.07) is 7.69. The molecule has 4 nitrogen and oxygen atoms in total. The summed E-state index contributed by atoms with van der Waals surface area (Å²) in [5, 5.41) is 0. The summed E-state index contributed by atoms with van der Waals surface area (Å²) >= 11 is 0. The van der Waals surface area contributed by atoms with Crippen LogP contribution in [0.4, 0.5) is 0 Å². The highest BCUT2D eigenvalue weighted by Gasteiger charge is 2.20. The molecule has 0 spiro atoms. The highest BCUT2D eigenvalue weighted by Crippen LogP contribution is 2.29. The second-order valence-corrected chi connectivity index (χ2v) is 6.38. The molecule has 0 aromatic carbocycles. The van der Waals surface area contributed by atoms with E-state index in [1.807, 2.05) is 35.4 Å². The number of pyridine rings is 1. The van der Waals surface area contributed by atoms with Gasteiger partial charge in [0.05, 0.1) is 12.8 Å². The lowest BCUT2D eigenvalue weighted by molar-refractivity contribution is -0.133. The van der Waals surface area contributed by atoms with Crippen molar-refractivity contribution >= 4 is 5.91 Å². The summed E-state index contributed by atoms with van der Waals surface area (Å²) in [6.07, 6.45) is 12.1. The molecule has 0 saturated heterocycles. The number of rotatable bonds is 7. The first-order chi connectivity index (χ1) is 11.3. The van der Waals surface area contributed by atoms with Crippen molar-refractivity contribution < 1.29 is 9.21 Å². The van der Waals surface area contributed by atoms with Crippen molar-refractivity contribution in [1.29, 1.82) is 0 Å². The number of amides is 1. The Bertz CT molecular complexity index is 589. The maximum atomic E-state index is 12.7. The number of hydrogen-bond donors (Lipinski definition) is 0. The molecule has 23 heavy (non-hydrogen) atoms. The average Bonchev–Trinajstić information content (AvgIpc) is 3.26. The summed E-state index contributed by atoms with van der Waals surface area (Å²) in [6.45, 7) is 1.10. The van der Waals surface area contributed by atoms with E-state index in [-0.39, 0.29) is 5.91 Å². The van der Waals surface area contributed by atoms with E-state index < -0.39 is 0 Å². The molecule has 1 saturated carbocycles. The van der Waals surface area contributed by atoms with Crippen molar-refractivity contribution in [1.82, 2.24) is 9.88 Å². The molecule has 0 atom stereocenters. The van der Waals surface area contributed by atoms with E-state index in [1.165, 1.54) is 25.7 Å². The third-order valence-electron chi connectivity index (χ3n) is 4.62. The normalized spacial score (nSPS) is 15.0. The fourth-order valence-corrected chi connectivity index (χ4v) is 3.32. The third kappa shape index (κ3) is 4.68. The number of aromatic nitrogens is 1. The fourth-order valence-electron chi connectivity index (χ4n) is 3.32. The molecule has 0 unspecified atom stereocenters. The van der Waals surface area contributed by atoms with Crippen molar-refractivity contribution in [3.05, 3.63) is 54.2 Å². The first-order valence-electron chi connectivity index (χ1n) is 8.50. The number of furan rings is 1. The van der Waals surface area contributed by atoms with Crippen LogP contribution in [0.3, 0.4) is 0 Å². The Morgan fingerprint density at radius 1 is 1.22 bits per heavy atom. The van der Waals surface area contributed by atoms with Crippen molar-refractivity contribution in [2.24, 2.45) is 5.92 Å². The lowest BCUT2D eigenvalue weighted by atomic mass is 10.0. The minimum absolute atomic E-state index is 0.206. The summed E-state index contributed by atoms with van der Waals surface area (Å²) in [5.41, 5.74) is 1.05. The summed E-state index contributed by atoms with van der Waals surface area (Å²) in [5.74, 6) is 1.77. The van der Waals surface area contributed by atoms with Gasteiger partial charge in [0.15, 0.2) is 0 Å². The minimum atomic E-state index is 0.206. The molecule has 1 amide bonds. The number of hydrogen-bond acceptors (Lipinski definition) is 3. The molecule has 0 bridgehead atoms. The van der Waals surface area contributed by atoms with Gasteiger partial charge in [-0.2, -0.15) is 0 Å². The Labute approximate surface area is 137 Å². The topological polar surface area (TPSA) is 46.3 Å². The molecule has 2 aromatic rings. The molecular weight excluding hydrogens is 288 g/mol. The SMILES string of the molecule is O=C(CCC1CCCC1)N(Cc1cccnc1)Cc1ccco1. The fraction of sp³-hybridized carbons (Fsp3) is 0.474. The molecule has 3 rings (SSSR count). The molecule has 1 aliphatic carbocycles. The van der Waals surface area contributed by atoms with E-state index in [2.05, 4.69) is 4.98 Å². The molecule has 1 aliphatic rings. The monoisotopic (exact) mass is 312 g/mol. The highest BCUT2D eigenvalue weighted by atomic mass is 16.3. The van der Waals surface area contributed by atoms with E-state index in [1.54, 1.807) is 12.5 Å². The Kier molecular flexibility index (Phi) is 5.46. The number of nitrogens with zero attached hydrogens (tertiary/aromatic N) is 2. The molecule has 122 valence electrons. The second kappa shape index (κ2) is 7.95. The van der Waals surface area contributed by atoms with E-state index in [9.17, 15) is 4.79 Å². The van der Waals surface area contributed by atoms with Crippen molar-refractivity contribution in [3.63, 3.8) is 0 Å². The predicted molar refractivity (Wildman–Crippen MR) is 88.4 cm³/mol. The minimum Gasteiger partial charge on any atom is -0.467 e. The van der Waals surface area contributed by atoms with Crippen LogP contribution < -0.4 is 0 Å². The summed E-state index contributed by atoms with van der Waals surface area (Å²) in [7, 11) is 0. The predicted octanol–water partition coefficient (Wildman–Crippen LogP) is 4.17. The Morgan fingerprint density at radius 3 is 2.78 bits per heavy atom. The summed E-state index contributed by atoms with van der Waals surface area (Å²) < 4.78 is 5.42. The molecule has 2 heterocycles. The Morgan fingerprint density at radius 2 is 2.09 bits per heavy atom. The first-order valence-corrected chi connectivity index (χ1v) is 8.50. The second-order valence-electron chi connectivity index (χ2n) is 6.38. The first kappa shape index (κ1) is 15.8. The smallest absolute Gasteiger partial charge is 0.223 e. The zero-order valence-electron chi connectivity index (χ0n) is 13.5. The number of carbonyl (C=O) groups excluding carboxylic acids is 1. The lowest BCUT2D eigenvalue weighted by Crippen LogP contribution is -2.30. The Hall–Kier alpha value is -2.10. The van der Waals surface area contributed by atoms with Gasteiger partial charge in [0.25, 0.3) is 0 Å². The van der Waals surface area contributed by atoms with Gasteiger partial charge in [-0.15, -0.1) is 0 Å². The highest BCUT2D eigenvalue weighted by molar-refractivity contribution is 5.76.